The number of methoxy groups -OCH3 is 1. The number of carbonyl (C=O) groups is 2. The lowest BCUT2D eigenvalue weighted by atomic mass is 9.98. The van der Waals surface area contributed by atoms with Gasteiger partial charge in [0.15, 0.2) is 5.96 Å². The van der Waals surface area contributed by atoms with Crippen LogP contribution >= 0.6 is 24.0 Å². The van der Waals surface area contributed by atoms with Gasteiger partial charge in [-0.1, -0.05) is 0 Å². The molecule has 2 aliphatic rings. The summed E-state index contributed by atoms with van der Waals surface area (Å²) in [6.45, 7) is 8.54. The van der Waals surface area contributed by atoms with E-state index in [9.17, 15) is 9.59 Å². The third-order valence-electron chi connectivity index (χ3n) is 5.31. The summed E-state index contributed by atoms with van der Waals surface area (Å²) in [6.07, 6.45) is 1.67. The van der Waals surface area contributed by atoms with Crippen molar-refractivity contribution in [1.29, 1.82) is 0 Å². The number of nitrogens with one attached hydrogen (secondary N) is 2. The van der Waals surface area contributed by atoms with Gasteiger partial charge in [0.2, 0.25) is 5.91 Å². The molecule has 1 aliphatic heterocycles. The van der Waals surface area contributed by atoms with Crippen molar-refractivity contribution in [3.63, 3.8) is 0 Å². The maximum absolute atomic E-state index is 12.2. The molecule has 1 saturated carbocycles. The Morgan fingerprint density at radius 1 is 1.20 bits per heavy atom. The van der Waals surface area contributed by atoms with Crippen LogP contribution in [0, 0.1) is 11.8 Å². The van der Waals surface area contributed by atoms with Gasteiger partial charge in [-0.25, -0.2) is 9.79 Å². The number of nitrogens with zero attached hydrogens (tertiary/aromatic N) is 3. The Morgan fingerprint density at radius 2 is 1.90 bits per heavy atom. The normalized spacial score (nSPS) is 23.5. The maximum Gasteiger partial charge on any atom is 0.407 e. The predicted octanol–water partition coefficient (Wildman–Crippen LogP) is 1.52. The lowest BCUT2D eigenvalue weighted by molar-refractivity contribution is -0.127. The van der Waals surface area contributed by atoms with E-state index in [1.807, 2.05) is 20.8 Å². The van der Waals surface area contributed by atoms with Gasteiger partial charge in [-0.2, -0.15) is 0 Å². The van der Waals surface area contributed by atoms with Crippen molar-refractivity contribution in [2.24, 2.45) is 16.8 Å². The summed E-state index contributed by atoms with van der Waals surface area (Å²) in [7, 11) is 5.10. The Kier molecular flexibility index (Phi) is 10.6. The van der Waals surface area contributed by atoms with Gasteiger partial charge in [-0.15, -0.1) is 24.0 Å². The summed E-state index contributed by atoms with van der Waals surface area (Å²) in [4.78, 5) is 32.4. The molecule has 0 aromatic carbocycles. The molecule has 1 saturated heterocycles. The van der Waals surface area contributed by atoms with Gasteiger partial charge >= 0.3 is 6.09 Å². The van der Waals surface area contributed by atoms with Crippen molar-refractivity contribution in [2.45, 2.75) is 45.3 Å². The van der Waals surface area contributed by atoms with Crippen molar-refractivity contribution >= 4 is 41.9 Å². The van der Waals surface area contributed by atoms with Crippen LogP contribution in [0.1, 0.15) is 33.6 Å². The molecule has 0 radical (unpaired) electrons. The second kappa shape index (κ2) is 11.9. The van der Waals surface area contributed by atoms with Crippen molar-refractivity contribution in [2.75, 3.05) is 54.0 Å². The lowest BCUT2D eigenvalue weighted by Gasteiger charge is -2.26. The van der Waals surface area contributed by atoms with Gasteiger partial charge in [-0.05, 0) is 39.5 Å². The number of hydrogen-bond donors (Lipinski definition) is 2. The van der Waals surface area contributed by atoms with Gasteiger partial charge < -0.3 is 29.9 Å². The first-order valence-electron chi connectivity index (χ1n) is 10.3. The van der Waals surface area contributed by atoms with Crippen LogP contribution in [0.3, 0.4) is 0 Å². The average Bonchev–Trinajstić information content (AvgIpc) is 3.18. The molecule has 1 heterocycles. The quantitative estimate of drug-likeness (QED) is 0.230. The van der Waals surface area contributed by atoms with Crippen LogP contribution < -0.4 is 10.6 Å². The highest BCUT2D eigenvalue weighted by Gasteiger charge is 2.44. The molecular weight excluding hydrogens is 501 g/mol. The Morgan fingerprint density at radius 3 is 2.50 bits per heavy atom. The third-order valence-corrected chi connectivity index (χ3v) is 5.31. The molecule has 30 heavy (non-hydrogen) atoms. The first-order chi connectivity index (χ1) is 13.6. The fraction of sp³-hybridized carbons (Fsp3) is 0.850. The van der Waals surface area contributed by atoms with E-state index in [1.165, 1.54) is 4.90 Å². The van der Waals surface area contributed by atoms with Crippen molar-refractivity contribution in [1.82, 2.24) is 20.4 Å². The zero-order chi connectivity index (χ0) is 21.6. The minimum atomic E-state index is -0.506. The molecule has 174 valence electrons. The number of guanidine groups is 1. The van der Waals surface area contributed by atoms with Gasteiger partial charge in [-0.3, -0.25) is 4.79 Å². The number of ether oxygens (including phenoxy) is 2. The summed E-state index contributed by atoms with van der Waals surface area (Å²) >= 11 is 0. The molecule has 10 heteroatoms. The first kappa shape index (κ1) is 26.7. The molecule has 9 nitrogen and oxygen atoms in total. The smallest absolute Gasteiger partial charge is 0.407 e. The molecule has 0 bridgehead atoms. The molecule has 0 aromatic heterocycles. The van der Waals surface area contributed by atoms with E-state index in [1.54, 1.807) is 21.2 Å². The minimum absolute atomic E-state index is 0. The zero-order valence-corrected chi connectivity index (χ0v) is 21.4. The largest absolute Gasteiger partial charge is 0.444 e. The first-order valence-corrected chi connectivity index (χ1v) is 10.3. The Labute approximate surface area is 197 Å². The number of carbonyl (C=O) groups excluding carboxylic acids is 2. The van der Waals surface area contributed by atoms with Gasteiger partial charge in [0.1, 0.15) is 12.1 Å². The Balaban J connectivity index is 0.00000450. The number of aliphatic imine (C=N–C) groups is 1. The summed E-state index contributed by atoms with van der Waals surface area (Å²) in [5.41, 5.74) is -0.506. The number of likely N-dealkylation sites (tertiary alicyclic amines) is 1. The van der Waals surface area contributed by atoms with E-state index < -0.39 is 5.60 Å². The fourth-order valence-electron chi connectivity index (χ4n) is 3.89. The van der Waals surface area contributed by atoms with Gasteiger partial charge in [0.25, 0.3) is 0 Å². The average molecular weight is 539 g/mol. The van der Waals surface area contributed by atoms with E-state index in [0.717, 1.165) is 31.9 Å². The number of halogens is 1. The summed E-state index contributed by atoms with van der Waals surface area (Å²) in [5, 5.41) is 6.36. The summed E-state index contributed by atoms with van der Waals surface area (Å²) in [5.74, 6) is 1.53. The van der Waals surface area contributed by atoms with E-state index in [0.29, 0.717) is 25.0 Å². The predicted molar refractivity (Wildman–Crippen MR) is 127 cm³/mol. The zero-order valence-electron chi connectivity index (χ0n) is 19.1. The Hall–Kier alpha value is -1.30. The molecule has 0 spiro atoms. The number of alkyl carbamates (subject to hydrolysis) is 1. The number of amides is 2. The van der Waals surface area contributed by atoms with Crippen LogP contribution in [-0.4, -0.2) is 93.4 Å². The minimum Gasteiger partial charge on any atom is -0.444 e. The number of likely N-dealkylation sites (N-methyl/N-ethyl adjacent to an activating group) is 1. The molecule has 2 rings (SSSR count). The van der Waals surface area contributed by atoms with Crippen molar-refractivity contribution < 1.29 is 19.1 Å². The standard InChI is InChI=1S/C20H37N5O4.HI/c1-20(2,3)29-19(27)23-16-8-7-14-12-25(13-15(14)16)18(21-9-10-28-6)22-11-17(26)24(4)5;/h14-16H,7-13H2,1-6H3,(H,21,22)(H,23,27);1H. The van der Waals surface area contributed by atoms with E-state index >= 15 is 0 Å². The SMILES string of the molecule is COCCNC(=NCC(=O)N(C)C)N1CC2CCC(NC(=O)OC(C)(C)C)C2C1.I. The molecular formula is C20H38IN5O4. The molecule has 0 aromatic rings. The van der Waals surface area contributed by atoms with E-state index in [4.69, 9.17) is 9.47 Å². The van der Waals surface area contributed by atoms with Crippen LogP contribution in [-0.2, 0) is 14.3 Å². The van der Waals surface area contributed by atoms with Crippen molar-refractivity contribution in [3.8, 4) is 0 Å². The van der Waals surface area contributed by atoms with Crippen LogP contribution in [0.5, 0.6) is 0 Å². The maximum atomic E-state index is 12.2. The summed E-state index contributed by atoms with van der Waals surface area (Å²) < 4.78 is 10.5. The highest BCUT2D eigenvalue weighted by molar-refractivity contribution is 14.0. The number of rotatable bonds is 6. The number of hydrogen-bond acceptors (Lipinski definition) is 5. The van der Waals surface area contributed by atoms with E-state index in [-0.39, 0.29) is 48.6 Å². The molecule has 3 unspecified atom stereocenters. The van der Waals surface area contributed by atoms with Crippen LogP contribution in [0.4, 0.5) is 4.79 Å². The molecule has 1 aliphatic carbocycles. The monoisotopic (exact) mass is 539 g/mol. The molecule has 2 fully saturated rings. The second-order valence-electron chi connectivity index (χ2n) is 9.01. The second-order valence-corrected chi connectivity index (χ2v) is 9.01. The van der Waals surface area contributed by atoms with Gasteiger partial charge in [0, 0.05) is 52.8 Å². The fourth-order valence-corrected chi connectivity index (χ4v) is 3.89. The lowest BCUT2D eigenvalue weighted by Crippen LogP contribution is -2.45. The molecule has 2 N–H and O–H groups in total. The third kappa shape index (κ3) is 8.09. The van der Waals surface area contributed by atoms with E-state index in [2.05, 4.69) is 20.5 Å². The van der Waals surface area contributed by atoms with Crippen LogP contribution in [0.15, 0.2) is 4.99 Å². The summed E-state index contributed by atoms with van der Waals surface area (Å²) in [6, 6.07) is 0.100. The molecule has 3 atom stereocenters. The Bertz CT molecular complexity index is 608. The topological polar surface area (TPSA) is 95.5 Å². The number of fused-ring (bicyclic) bond motifs is 1. The highest BCUT2D eigenvalue weighted by atomic mass is 127. The van der Waals surface area contributed by atoms with Crippen LogP contribution in [0.2, 0.25) is 0 Å². The van der Waals surface area contributed by atoms with Crippen molar-refractivity contribution in [3.05, 3.63) is 0 Å². The van der Waals surface area contributed by atoms with Gasteiger partial charge in [0.05, 0.1) is 6.61 Å². The molecule has 2 amide bonds. The van der Waals surface area contributed by atoms with Crippen LogP contribution in [0.25, 0.3) is 0 Å². The highest BCUT2D eigenvalue weighted by Crippen LogP contribution is 2.38.